The second kappa shape index (κ2) is 25.7. The number of nitrogens with zero attached hydrogens (tertiary/aromatic N) is 3. The number of hydrogen-bond acceptors (Lipinski definition) is 11. The Labute approximate surface area is 392 Å². The molecule has 4 aromatic rings. The van der Waals surface area contributed by atoms with E-state index in [1.165, 1.54) is 17.3 Å². The fourth-order valence-electron chi connectivity index (χ4n) is 7.39. The van der Waals surface area contributed by atoms with Crippen LogP contribution in [-0.4, -0.2) is 131 Å². The second-order valence-electron chi connectivity index (χ2n) is 17.0. The topological polar surface area (TPSA) is 279 Å². The van der Waals surface area contributed by atoms with E-state index in [0.29, 0.717) is 23.4 Å². The number of nitrogens with one attached hydrogen (secondary N) is 6. The number of aliphatic hydroxyl groups excluding tert-OH is 2. The van der Waals surface area contributed by atoms with E-state index in [9.17, 15) is 48.2 Å². The molecule has 68 heavy (non-hydrogen) atoms. The molecule has 10 N–H and O–H groups in total. The van der Waals surface area contributed by atoms with Gasteiger partial charge in [-0.3, -0.25) is 38.5 Å². The van der Waals surface area contributed by atoms with Crippen LogP contribution in [0.25, 0.3) is 11.1 Å². The van der Waals surface area contributed by atoms with Crippen LogP contribution < -0.4 is 37.6 Å². The third kappa shape index (κ3) is 16.1. The van der Waals surface area contributed by atoms with Crippen molar-refractivity contribution in [2.75, 3.05) is 46.4 Å². The molecule has 7 amide bonds. The van der Waals surface area contributed by atoms with Crippen LogP contribution in [0.2, 0.25) is 0 Å². The van der Waals surface area contributed by atoms with E-state index in [2.05, 4.69) is 36.9 Å². The quantitative estimate of drug-likeness (QED) is 0.0405. The Kier molecular flexibility index (Phi) is 20.2. The van der Waals surface area contributed by atoms with Gasteiger partial charge in [0.05, 0.1) is 32.0 Å². The molecule has 0 unspecified atom stereocenters. The van der Waals surface area contributed by atoms with Gasteiger partial charge in [0.25, 0.3) is 0 Å². The molecule has 4 atom stereocenters. The maximum Gasteiger partial charge on any atom is 0.248 e. The summed E-state index contributed by atoms with van der Waals surface area (Å²) < 4.78 is 31.6. The van der Waals surface area contributed by atoms with Gasteiger partial charge >= 0.3 is 0 Å². The maximum absolute atomic E-state index is 15.3. The zero-order valence-electron chi connectivity index (χ0n) is 38.4. The van der Waals surface area contributed by atoms with Crippen molar-refractivity contribution in [1.29, 1.82) is 0 Å². The summed E-state index contributed by atoms with van der Waals surface area (Å²) in [4.78, 5) is 97.5. The highest BCUT2D eigenvalue weighted by Crippen LogP contribution is 2.41. The minimum Gasteiger partial charge on any atom is -0.394 e. The second-order valence-corrected chi connectivity index (χ2v) is 17.0. The number of aromatic nitrogens is 2. The van der Waals surface area contributed by atoms with E-state index in [1.54, 1.807) is 36.0 Å². The smallest absolute Gasteiger partial charge is 0.248 e. The highest BCUT2D eigenvalue weighted by molar-refractivity contribution is 5.97. The Bertz CT molecular complexity index is 2360. The predicted octanol–water partition coefficient (Wildman–Crippen LogP) is 0.191. The predicted molar refractivity (Wildman–Crippen MR) is 246 cm³/mol. The summed E-state index contributed by atoms with van der Waals surface area (Å²) in [5, 5.41) is 35.4. The third-order valence-electron chi connectivity index (χ3n) is 10.6. The summed E-state index contributed by atoms with van der Waals surface area (Å²) >= 11 is 0. The molecule has 2 aromatic heterocycles. The minimum absolute atomic E-state index is 0.0293. The molecule has 0 spiro atoms. The summed E-state index contributed by atoms with van der Waals surface area (Å²) in [6, 6.07) is 11.5. The van der Waals surface area contributed by atoms with Gasteiger partial charge in [-0.15, -0.1) is 0 Å². The molecule has 0 aliphatic carbocycles. The number of primary amides is 1. The van der Waals surface area contributed by atoms with E-state index < -0.39 is 109 Å². The highest BCUT2D eigenvalue weighted by atomic mass is 19.1. The Morgan fingerprint density at radius 2 is 1.47 bits per heavy atom. The molecule has 0 aliphatic heterocycles. The zero-order chi connectivity index (χ0) is 50.0. The largest absolute Gasteiger partial charge is 0.394 e. The molecule has 0 fully saturated rings. The fraction of sp³-hybridized carbons (Fsp3) is 0.404. The van der Waals surface area contributed by atoms with E-state index in [-0.39, 0.29) is 38.0 Å². The number of hydrogen-bond donors (Lipinski definition) is 9. The van der Waals surface area contributed by atoms with Gasteiger partial charge in [-0.25, -0.2) is 8.78 Å². The number of carbonyl (C=O) groups excluding carboxylic acids is 7. The summed E-state index contributed by atoms with van der Waals surface area (Å²) in [5.74, 6) is -7.42. The van der Waals surface area contributed by atoms with E-state index in [4.69, 9.17) is 5.73 Å². The van der Waals surface area contributed by atoms with Gasteiger partial charge in [0.2, 0.25) is 41.4 Å². The number of rotatable bonds is 25. The maximum atomic E-state index is 15.3. The van der Waals surface area contributed by atoms with Crippen LogP contribution in [0.15, 0.2) is 85.3 Å². The molecule has 0 aliphatic rings. The van der Waals surface area contributed by atoms with E-state index in [1.807, 2.05) is 51.1 Å². The van der Waals surface area contributed by atoms with Crippen molar-refractivity contribution in [2.24, 2.45) is 11.1 Å². The molecule has 366 valence electrons. The van der Waals surface area contributed by atoms with E-state index >= 15 is 4.39 Å². The van der Waals surface area contributed by atoms with E-state index in [0.717, 1.165) is 23.8 Å². The first-order valence-electron chi connectivity index (χ1n) is 21.8. The van der Waals surface area contributed by atoms with Crippen molar-refractivity contribution < 1.29 is 52.6 Å². The Hall–Kier alpha value is -7.10. The number of benzene rings is 2. The van der Waals surface area contributed by atoms with Crippen LogP contribution in [0.3, 0.4) is 0 Å². The minimum atomic E-state index is -1.74. The molecule has 2 aromatic carbocycles. The lowest BCUT2D eigenvalue weighted by molar-refractivity contribution is -0.140. The van der Waals surface area contributed by atoms with Gasteiger partial charge in [-0.1, -0.05) is 51.1 Å². The first kappa shape index (κ1) is 53.5. The van der Waals surface area contributed by atoms with Crippen molar-refractivity contribution >= 4 is 41.4 Å². The molecular formula is C47H60F2N10O9. The van der Waals surface area contributed by atoms with Crippen LogP contribution >= 0.6 is 0 Å². The van der Waals surface area contributed by atoms with Crippen molar-refractivity contribution in [1.82, 2.24) is 46.4 Å². The van der Waals surface area contributed by atoms with Gasteiger partial charge in [-0.2, -0.15) is 0 Å². The Morgan fingerprint density at radius 3 is 2.10 bits per heavy atom. The van der Waals surface area contributed by atoms with Gasteiger partial charge in [0.1, 0.15) is 36.4 Å². The average molecular weight is 947 g/mol. The van der Waals surface area contributed by atoms with Crippen molar-refractivity contribution in [3.05, 3.63) is 114 Å². The monoisotopic (exact) mass is 946 g/mol. The van der Waals surface area contributed by atoms with Crippen LogP contribution in [0, 0.1) is 17.0 Å². The molecule has 0 radical (unpaired) electrons. The summed E-state index contributed by atoms with van der Waals surface area (Å²) in [7, 11) is 1.65. The van der Waals surface area contributed by atoms with Crippen LogP contribution in [0.5, 0.6) is 0 Å². The van der Waals surface area contributed by atoms with Gasteiger partial charge in [-0.05, 0) is 66.4 Å². The van der Waals surface area contributed by atoms with Crippen molar-refractivity contribution in [2.45, 2.75) is 70.7 Å². The standard InChI is InChI=1S/C47H60F2N10O9/c1-47(2,3)43(38-21-31(33-22-32(48)10-11-34(33)49)26-58(38)25-30-8-6-5-7-9-30)59(42(65)28-61)19-14-35(44(66)53-18-17-51-4)56-45(67)36(23-39(50)62)57-46(68)37(27-60)55-41(64)24-54-40(63)20-29-12-15-52-16-13-29/h5-13,15-16,21-22,26,35-37,43,51,60-61H,14,17-20,23-25,27-28H2,1-4H3,(H2,50,62)(H,53,66)(H,54,63)(H,55,64)(H,56,67)(H,57,68)/t35-,36-,37+,43-/m0/s1. The lowest BCUT2D eigenvalue weighted by Crippen LogP contribution is -2.59. The number of likely N-dealkylation sites (N-methyl/N-ethyl adjacent to an activating group) is 1. The first-order valence-corrected chi connectivity index (χ1v) is 21.8. The number of nitrogens with two attached hydrogens (primary N) is 1. The summed E-state index contributed by atoms with van der Waals surface area (Å²) in [5.41, 5.74) is 6.85. The molecule has 21 heteroatoms. The van der Waals surface area contributed by atoms with Gasteiger partial charge < -0.3 is 57.3 Å². The van der Waals surface area contributed by atoms with Crippen LogP contribution in [0.4, 0.5) is 8.78 Å². The number of aliphatic hydroxyl groups is 2. The number of halogens is 2. The average Bonchev–Trinajstić information content (AvgIpc) is 3.70. The normalized spacial score (nSPS) is 13.0. The molecular weight excluding hydrogens is 887 g/mol. The number of pyridine rings is 1. The summed E-state index contributed by atoms with van der Waals surface area (Å²) in [6.07, 6.45) is 3.50. The fourth-order valence-corrected chi connectivity index (χ4v) is 7.39. The Balaban J connectivity index is 1.61. The highest BCUT2D eigenvalue weighted by Gasteiger charge is 2.38. The first-order chi connectivity index (χ1) is 32.3. The number of amides is 7. The molecule has 0 bridgehead atoms. The zero-order valence-corrected chi connectivity index (χ0v) is 38.4. The lowest BCUT2D eigenvalue weighted by atomic mass is 9.82. The van der Waals surface area contributed by atoms with Crippen LogP contribution in [0.1, 0.15) is 56.5 Å². The molecule has 0 saturated heterocycles. The van der Waals surface area contributed by atoms with Crippen molar-refractivity contribution in [3.8, 4) is 11.1 Å². The van der Waals surface area contributed by atoms with Crippen LogP contribution in [-0.2, 0) is 46.5 Å². The number of carbonyl (C=O) groups is 7. The van der Waals surface area contributed by atoms with Gasteiger partial charge in [0.15, 0.2) is 0 Å². The molecule has 2 heterocycles. The lowest BCUT2D eigenvalue weighted by Gasteiger charge is -2.41. The molecule has 19 nitrogen and oxygen atoms in total. The molecule has 0 saturated carbocycles. The van der Waals surface area contributed by atoms with Gasteiger partial charge in [0, 0.05) is 61.6 Å². The summed E-state index contributed by atoms with van der Waals surface area (Å²) in [6.45, 7) is 3.39. The Morgan fingerprint density at radius 1 is 0.794 bits per heavy atom. The third-order valence-corrected chi connectivity index (χ3v) is 10.6. The SMILES string of the molecule is CNCCNC(=O)[C@H](CCN(C(=O)CO)[C@@H](c1cc(-c2cc(F)ccc2F)cn1Cc1ccccc1)C(C)(C)C)NC(=O)[C@H](CC(N)=O)NC(=O)[C@@H](CO)NC(=O)CNC(=O)Cc1ccncc1. The van der Waals surface area contributed by atoms with Crippen molar-refractivity contribution in [3.63, 3.8) is 0 Å². The molecule has 4 rings (SSSR count).